The first-order valence-electron chi connectivity index (χ1n) is 6.57. The van der Waals surface area contributed by atoms with Gasteiger partial charge in [-0.2, -0.15) is 0 Å². The minimum absolute atomic E-state index is 0.0343. The molecular formula is C14H18FN3O2. The number of fused-ring (bicyclic) bond motifs is 1. The van der Waals surface area contributed by atoms with Gasteiger partial charge in [-0.25, -0.2) is 4.39 Å². The van der Waals surface area contributed by atoms with Gasteiger partial charge in [-0.1, -0.05) is 13.8 Å². The van der Waals surface area contributed by atoms with E-state index in [1.165, 1.54) is 12.1 Å². The van der Waals surface area contributed by atoms with Crippen molar-refractivity contribution in [3.63, 3.8) is 0 Å². The number of carbonyl (C=O) groups excluding carboxylic acids is 2. The number of halogens is 1. The van der Waals surface area contributed by atoms with E-state index in [1.54, 1.807) is 0 Å². The molecule has 2 rings (SSSR count). The second-order valence-electron chi connectivity index (χ2n) is 5.30. The van der Waals surface area contributed by atoms with Crippen LogP contribution in [0.25, 0.3) is 0 Å². The average Bonchev–Trinajstić information content (AvgIpc) is 2.39. The Morgan fingerprint density at radius 2 is 2.10 bits per heavy atom. The highest BCUT2D eigenvalue weighted by Gasteiger charge is 2.21. The number of benzene rings is 1. The minimum atomic E-state index is -0.708. The topological polar surface area (TPSA) is 84.2 Å². The standard InChI is InChI=1S/C14H18FN3O2/c1-7(2)13(16)14(20)18-11-6-10-8(5-9(11)15)3-4-12(19)17-10/h5-7,13H,3-4,16H2,1-2H3,(H,17,19)(H,18,20). The average molecular weight is 279 g/mol. The lowest BCUT2D eigenvalue weighted by molar-refractivity contribution is -0.118. The van der Waals surface area contributed by atoms with Crippen LogP contribution in [0.3, 0.4) is 0 Å². The number of aryl methyl sites for hydroxylation is 1. The maximum atomic E-state index is 13.9. The van der Waals surface area contributed by atoms with Crippen LogP contribution in [0.2, 0.25) is 0 Å². The first kappa shape index (κ1) is 14.5. The van der Waals surface area contributed by atoms with E-state index in [1.807, 2.05) is 13.8 Å². The summed E-state index contributed by atoms with van der Waals surface area (Å²) in [7, 11) is 0. The molecule has 1 aromatic carbocycles. The van der Waals surface area contributed by atoms with E-state index in [9.17, 15) is 14.0 Å². The number of nitrogens with two attached hydrogens (primary N) is 1. The number of carbonyl (C=O) groups is 2. The molecule has 2 amide bonds. The zero-order chi connectivity index (χ0) is 14.9. The second kappa shape index (κ2) is 5.58. The highest BCUT2D eigenvalue weighted by atomic mass is 19.1. The number of nitrogens with one attached hydrogen (secondary N) is 2. The van der Waals surface area contributed by atoms with Gasteiger partial charge in [0.1, 0.15) is 5.82 Å². The van der Waals surface area contributed by atoms with Crippen molar-refractivity contribution in [3.8, 4) is 0 Å². The van der Waals surface area contributed by atoms with Crippen LogP contribution in [0.4, 0.5) is 15.8 Å². The van der Waals surface area contributed by atoms with E-state index in [-0.39, 0.29) is 17.5 Å². The van der Waals surface area contributed by atoms with Gasteiger partial charge in [0.25, 0.3) is 0 Å². The summed E-state index contributed by atoms with van der Waals surface area (Å²) in [4.78, 5) is 23.2. The van der Waals surface area contributed by atoms with E-state index in [0.717, 1.165) is 5.56 Å². The van der Waals surface area contributed by atoms with E-state index in [0.29, 0.717) is 18.5 Å². The summed E-state index contributed by atoms with van der Waals surface area (Å²) in [5.74, 6) is -1.12. The van der Waals surface area contributed by atoms with Crippen LogP contribution in [0.5, 0.6) is 0 Å². The van der Waals surface area contributed by atoms with Gasteiger partial charge >= 0.3 is 0 Å². The Morgan fingerprint density at radius 3 is 2.75 bits per heavy atom. The van der Waals surface area contributed by atoms with Crippen LogP contribution in [-0.4, -0.2) is 17.9 Å². The fourth-order valence-electron chi connectivity index (χ4n) is 2.01. The summed E-state index contributed by atoms with van der Waals surface area (Å²) >= 11 is 0. The quantitative estimate of drug-likeness (QED) is 0.786. The molecule has 1 aliphatic heterocycles. The van der Waals surface area contributed by atoms with Crippen LogP contribution < -0.4 is 16.4 Å². The van der Waals surface area contributed by atoms with Gasteiger partial charge in [-0.15, -0.1) is 0 Å². The molecule has 1 aliphatic rings. The third-order valence-electron chi connectivity index (χ3n) is 3.37. The lowest BCUT2D eigenvalue weighted by Gasteiger charge is -2.20. The SMILES string of the molecule is CC(C)C(N)C(=O)Nc1cc2c(cc1F)CCC(=O)N2. The van der Waals surface area contributed by atoms with Crippen molar-refractivity contribution in [3.05, 3.63) is 23.5 Å². The van der Waals surface area contributed by atoms with Crippen molar-refractivity contribution in [2.45, 2.75) is 32.7 Å². The molecule has 0 radical (unpaired) electrons. The smallest absolute Gasteiger partial charge is 0.241 e. The molecule has 0 aliphatic carbocycles. The fourth-order valence-corrected chi connectivity index (χ4v) is 2.01. The van der Waals surface area contributed by atoms with Crippen molar-refractivity contribution in [2.24, 2.45) is 11.7 Å². The van der Waals surface area contributed by atoms with Crippen molar-refractivity contribution >= 4 is 23.2 Å². The molecule has 0 fully saturated rings. The van der Waals surface area contributed by atoms with Crippen molar-refractivity contribution < 1.29 is 14.0 Å². The Labute approximate surface area is 116 Å². The summed E-state index contributed by atoms with van der Waals surface area (Å²) in [5, 5.41) is 5.13. The summed E-state index contributed by atoms with van der Waals surface area (Å²) in [6.45, 7) is 3.63. The third kappa shape index (κ3) is 2.96. The monoisotopic (exact) mass is 279 g/mol. The lowest BCUT2D eigenvalue weighted by atomic mass is 10.0. The molecule has 0 spiro atoms. The molecule has 1 atom stereocenters. The molecule has 5 nitrogen and oxygen atoms in total. The van der Waals surface area contributed by atoms with Crippen molar-refractivity contribution in [2.75, 3.05) is 10.6 Å². The molecule has 6 heteroatoms. The van der Waals surface area contributed by atoms with Gasteiger partial charge in [-0.3, -0.25) is 9.59 Å². The van der Waals surface area contributed by atoms with E-state index in [4.69, 9.17) is 5.73 Å². The number of rotatable bonds is 3. The first-order chi connectivity index (χ1) is 9.38. The Bertz CT molecular complexity index is 558. The zero-order valence-electron chi connectivity index (χ0n) is 11.5. The maximum Gasteiger partial charge on any atom is 0.241 e. The van der Waals surface area contributed by atoms with Crippen LogP contribution in [0.15, 0.2) is 12.1 Å². The Hall–Kier alpha value is -1.95. The van der Waals surface area contributed by atoms with Crippen LogP contribution >= 0.6 is 0 Å². The minimum Gasteiger partial charge on any atom is -0.326 e. The maximum absolute atomic E-state index is 13.9. The van der Waals surface area contributed by atoms with E-state index >= 15 is 0 Å². The van der Waals surface area contributed by atoms with E-state index < -0.39 is 17.8 Å². The van der Waals surface area contributed by atoms with Gasteiger partial charge in [-0.05, 0) is 30.0 Å². The lowest BCUT2D eigenvalue weighted by Crippen LogP contribution is -2.40. The molecule has 20 heavy (non-hydrogen) atoms. The Kier molecular flexibility index (Phi) is 4.04. The molecule has 0 aromatic heterocycles. The van der Waals surface area contributed by atoms with Gasteiger partial charge in [0.15, 0.2) is 0 Å². The van der Waals surface area contributed by atoms with Crippen LogP contribution in [0, 0.1) is 11.7 Å². The normalized spacial score (nSPS) is 15.6. The largest absolute Gasteiger partial charge is 0.326 e. The summed E-state index contributed by atoms with van der Waals surface area (Å²) in [6.07, 6.45) is 0.841. The molecule has 0 saturated heterocycles. The number of anilines is 2. The van der Waals surface area contributed by atoms with Crippen molar-refractivity contribution in [1.82, 2.24) is 0 Å². The van der Waals surface area contributed by atoms with Crippen LogP contribution in [-0.2, 0) is 16.0 Å². The molecule has 4 N–H and O–H groups in total. The third-order valence-corrected chi connectivity index (χ3v) is 3.37. The number of hydrogen-bond donors (Lipinski definition) is 3. The molecular weight excluding hydrogens is 261 g/mol. The number of amides is 2. The van der Waals surface area contributed by atoms with Gasteiger partial charge in [0, 0.05) is 12.1 Å². The molecule has 0 saturated carbocycles. The Balaban J connectivity index is 2.22. The molecule has 0 bridgehead atoms. The fraction of sp³-hybridized carbons (Fsp3) is 0.429. The van der Waals surface area contributed by atoms with E-state index in [2.05, 4.69) is 10.6 Å². The summed E-state index contributed by atoms with van der Waals surface area (Å²) < 4.78 is 13.9. The predicted octanol–water partition coefficient (Wildman–Crippen LogP) is 1.63. The first-order valence-corrected chi connectivity index (χ1v) is 6.57. The summed E-state index contributed by atoms with van der Waals surface area (Å²) in [6, 6.07) is 2.07. The van der Waals surface area contributed by atoms with Crippen LogP contribution in [0.1, 0.15) is 25.8 Å². The highest BCUT2D eigenvalue weighted by Crippen LogP contribution is 2.28. The zero-order valence-corrected chi connectivity index (χ0v) is 11.5. The van der Waals surface area contributed by atoms with Gasteiger partial charge in [0.2, 0.25) is 11.8 Å². The second-order valence-corrected chi connectivity index (χ2v) is 5.30. The van der Waals surface area contributed by atoms with Gasteiger partial charge in [0.05, 0.1) is 11.7 Å². The Morgan fingerprint density at radius 1 is 1.40 bits per heavy atom. The highest BCUT2D eigenvalue weighted by molar-refractivity contribution is 5.98. The van der Waals surface area contributed by atoms with Gasteiger partial charge < -0.3 is 16.4 Å². The summed E-state index contributed by atoms with van der Waals surface area (Å²) in [5.41, 5.74) is 7.02. The molecule has 1 aromatic rings. The molecule has 1 unspecified atom stereocenters. The van der Waals surface area contributed by atoms with Crippen molar-refractivity contribution in [1.29, 1.82) is 0 Å². The molecule has 1 heterocycles. The molecule has 108 valence electrons. The predicted molar refractivity (Wildman–Crippen MR) is 74.8 cm³/mol. The number of hydrogen-bond acceptors (Lipinski definition) is 3.